The molecule has 0 aliphatic carbocycles. The molecule has 4 rings (SSSR count). The molecule has 0 bridgehead atoms. The van der Waals surface area contributed by atoms with Gasteiger partial charge in [0, 0.05) is 43.5 Å². The number of halogens is 4. The topological polar surface area (TPSA) is 250 Å². The van der Waals surface area contributed by atoms with E-state index in [1.807, 2.05) is 74.4 Å². The number of carbonyl (C=O) groups excluding carboxylic acids is 1. The summed E-state index contributed by atoms with van der Waals surface area (Å²) in [5.74, 6) is 2.03. The summed E-state index contributed by atoms with van der Waals surface area (Å²) < 4.78 is 27.4. The minimum atomic E-state index is -3.10. The van der Waals surface area contributed by atoms with E-state index in [0.29, 0.717) is 35.8 Å². The van der Waals surface area contributed by atoms with Crippen LogP contribution in [0.25, 0.3) is 5.69 Å². The number of ether oxygens (including phenoxy) is 2. The van der Waals surface area contributed by atoms with E-state index < -0.39 is 30.6 Å². The number of terminal acetylenes is 1. The highest BCUT2D eigenvalue weighted by Gasteiger charge is 2.26. The summed E-state index contributed by atoms with van der Waals surface area (Å²) in [6.45, 7) is 22.2. The molecule has 18 nitrogen and oxygen atoms in total. The molecule has 2 heterocycles. The molecule has 0 radical (unpaired) electrons. The van der Waals surface area contributed by atoms with Crippen molar-refractivity contribution in [3.63, 3.8) is 0 Å². The van der Waals surface area contributed by atoms with Gasteiger partial charge in [0.2, 0.25) is 29.0 Å². The van der Waals surface area contributed by atoms with Crippen molar-refractivity contribution < 1.29 is 38.0 Å². The number of aliphatic carboxylic acids is 1. The number of carbonyl (C=O) groups is 2. The van der Waals surface area contributed by atoms with Crippen LogP contribution in [0.3, 0.4) is 0 Å². The molecule has 0 aliphatic heterocycles. The van der Waals surface area contributed by atoms with Gasteiger partial charge in [-0.3, -0.25) is 14.2 Å². The van der Waals surface area contributed by atoms with Crippen molar-refractivity contribution in [2.24, 2.45) is 5.73 Å². The number of aromatic nitrogens is 5. The zero-order valence-electron chi connectivity index (χ0n) is 40.0. The van der Waals surface area contributed by atoms with E-state index in [2.05, 4.69) is 49.6 Å². The Balaban J connectivity index is 0.000000460. The maximum Gasteiger partial charge on any atom is 0.442 e. The molecule has 67 heavy (non-hydrogen) atoms. The zero-order valence-corrected chi connectivity index (χ0v) is 44.0. The second-order valence-electron chi connectivity index (χ2n) is 16.9. The third-order valence-corrected chi connectivity index (χ3v) is 10.6. The number of alkyl halides is 1. The predicted octanol–water partition coefficient (Wildman–Crippen LogP) is 8.46. The van der Waals surface area contributed by atoms with E-state index in [1.54, 1.807) is 12.0 Å². The van der Waals surface area contributed by atoms with Crippen LogP contribution in [0.1, 0.15) is 85.8 Å². The fourth-order valence-corrected chi connectivity index (χ4v) is 7.01. The molecular weight excluding hydrogens is 971 g/mol. The Morgan fingerprint density at radius 1 is 1.07 bits per heavy atom. The Kier molecular flexibility index (Phi) is 25.4. The third-order valence-electron chi connectivity index (χ3n) is 8.51. The lowest BCUT2D eigenvalue weighted by atomic mass is 9.97. The fourth-order valence-electron chi connectivity index (χ4n) is 5.45. The first-order valence-corrected chi connectivity index (χ1v) is 24.8. The lowest BCUT2D eigenvalue weighted by Crippen LogP contribution is -2.43. The molecule has 23 heteroatoms. The van der Waals surface area contributed by atoms with Crippen LogP contribution in [0.5, 0.6) is 5.75 Å². The van der Waals surface area contributed by atoms with Crippen molar-refractivity contribution in [2.75, 3.05) is 61.1 Å². The number of anilines is 3. The maximum atomic E-state index is 12.2. The van der Waals surface area contributed by atoms with Gasteiger partial charge in [-0.05, 0) is 83.2 Å². The van der Waals surface area contributed by atoms with E-state index in [0.717, 1.165) is 34.5 Å². The number of hydrogen-bond acceptors (Lipinski definition) is 14. The molecule has 3 atom stereocenters. The van der Waals surface area contributed by atoms with Gasteiger partial charge in [0.25, 0.3) is 0 Å². The van der Waals surface area contributed by atoms with Crippen LogP contribution in [0, 0.1) is 19.3 Å². The lowest BCUT2D eigenvalue weighted by Gasteiger charge is -2.31. The molecule has 1 amide bonds. The summed E-state index contributed by atoms with van der Waals surface area (Å²) >= 11 is 23.7. The molecule has 3 unspecified atom stereocenters. The van der Waals surface area contributed by atoms with Crippen molar-refractivity contribution in [1.29, 1.82) is 0 Å². The SMILES string of the molecule is C#CCOc1cc(-n2nc(C(C)(C)C)oc2=O)c(Cl)cc1Cl.CCNc1nc(Cl)nc(NC(C)(C)C)n1.CCc1cccc(C)c1N(C(=O)CCl)C(C)COC.CP(=O)(O)CCC(N)C(=O)O. The first kappa shape index (κ1) is 60.6. The van der Waals surface area contributed by atoms with Gasteiger partial charge in [-0.1, -0.05) is 75.0 Å². The van der Waals surface area contributed by atoms with Gasteiger partial charge < -0.3 is 45.2 Å². The van der Waals surface area contributed by atoms with Gasteiger partial charge in [-0.15, -0.1) is 23.1 Å². The van der Waals surface area contributed by atoms with Gasteiger partial charge in [0.15, 0.2) is 7.37 Å². The number of nitrogens with one attached hydrogen (secondary N) is 2. The number of aryl methyl sites for hydroxylation is 2. The highest BCUT2D eigenvalue weighted by atomic mass is 35.5. The van der Waals surface area contributed by atoms with Crippen LogP contribution in [0.2, 0.25) is 15.3 Å². The minimum Gasteiger partial charge on any atom is -0.480 e. The predicted molar refractivity (Wildman–Crippen MR) is 268 cm³/mol. The van der Waals surface area contributed by atoms with Crippen molar-refractivity contribution in [3.8, 4) is 23.8 Å². The van der Waals surface area contributed by atoms with Crippen molar-refractivity contribution in [2.45, 2.75) is 105 Å². The summed E-state index contributed by atoms with van der Waals surface area (Å²) in [5.41, 5.74) is 8.10. The lowest BCUT2D eigenvalue weighted by molar-refractivity contribution is -0.138. The molecule has 0 spiro atoms. The molecule has 0 saturated carbocycles. The monoisotopic (exact) mass is 1030 g/mol. The smallest absolute Gasteiger partial charge is 0.442 e. The van der Waals surface area contributed by atoms with E-state index >= 15 is 0 Å². The third kappa shape index (κ3) is 21.6. The summed E-state index contributed by atoms with van der Waals surface area (Å²) in [4.78, 5) is 57.0. The first-order chi connectivity index (χ1) is 31.0. The summed E-state index contributed by atoms with van der Waals surface area (Å²) in [5, 5.41) is 19.3. The normalized spacial score (nSPS) is 12.8. The Hall–Kier alpha value is -4.44. The fraction of sp³-hybridized carbons (Fsp3) is 0.523. The Morgan fingerprint density at radius 2 is 1.70 bits per heavy atom. The standard InChI is InChI=1S/C15H14Cl2N2O3.C15H22ClNO2.C9H16ClN5.C5H12NO4P/c1-5-6-21-12-8-11(9(16)7-10(12)17)19-14(20)22-13(18-19)15(2,3)4;1-5-13-8-6-7-11(2)15(13)17(14(18)9-16)12(3)10-19-4;1-5-11-7-12-6(10)13-8(14-7)15-9(2,3)4;1-11(9,10)3-2-4(6)5(7)8/h1,7-8H,6H2,2-4H3;6-8,12H,5,9-10H2,1-4H3;5H2,1-4H3,(H2,11,12,13,14,15);4H,2-3,6H2,1H3,(H,7,8)(H,9,10). The Morgan fingerprint density at radius 3 is 2.19 bits per heavy atom. The van der Waals surface area contributed by atoms with Gasteiger partial charge in [-0.25, -0.2) is 4.79 Å². The Bertz CT molecular complexity index is 2380. The number of para-hydroxylation sites is 1. The molecule has 0 aliphatic rings. The van der Waals surface area contributed by atoms with Crippen LogP contribution in [0.15, 0.2) is 39.5 Å². The van der Waals surface area contributed by atoms with Crippen LogP contribution in [-0.4, -0.2) is 110 Å². The number of nitrogens with zero attached hydrogens (tertiary/aromatic N) is 6. The molecule has 0 saturated heterocycles. The van der Waals surface area contributed by atoms with Crippen LogP contribution in [-0.2, 0) is 30.7 Å². The van der Waals surface area contributed by atoms with E-state index in [9.17, 15) is 18.9 Å². The highest BCUT2D eigenvalue weighted by Crippen LogP contribution is 2.36. The summed E-state index contributed by atoms with van der Waals surface area (Å²) in [7, 11) is -1.47. The molecule has 372 valence electrons. The highest BCUT2D eigenvalue weighted by molar-refractivity contribution is 7.57. The maximum absolute atomic E-state index is 12.2. The second kappa shape index (κ2) is 28.1. The van der Waals surface area contributed by atoms with Crippen LogP contribution < -0.4 is 31.8 Å². The number of benzene rings is 2. The largest absolute Gasteiger partial charge is 0.480 e. The van der Waals surface area contributed by atoms with Crippen molar-refractivity contribution in [1.82, 2.24) is 24.7 Å². The molecule has 6 N–H and O–H groups in total. The number of nitrogens with two attached hydrogens (primary N) is 1. The average Bonchev–Trinajstić information content (AvgIpc) is 3.61. The molecule has 4 aromatic rings. The first-order valence-electron chi connectivity index (χ1n) is 20.9. The van der Waals surface area contributed by atoms with Gasteiger partial charge in [0.05, 0.1) is 34.1 Å². The number of carboxylic acid groups (broad SMARTS) is 1. The molecular formula is C44H64Cl4N9O9P. The number of rotatable bonds is 16. The second-order valence-corrected chi connectivity index (χ2v) is 20.8. The van der Waals surface area contributed by atoms with Gasteiger partial charge in [0.1, 0.15) is 24.3 Å². The summed E-state index contributed by atoms with van der Waals surface area (Å²) in [6.07, 6.45) is 6.03. The van der Waals surface area contributed by atoms with Crippen LogP contribution in [0.4, 0.5) is 17.6 Å². The van der Waals surface area contributed by atoms with E-state index in [1.165, 1.54) is 18.8 Å². The minimum absolute atomic E-state index is 0.0223. The molecule has 0 fully saturated rings. The molecule has 2 aromatic carbocycles. The quantitative estimate of drug-likeness (QED) is 0.0401. The van der Waals surface area contributed by atoms with E-state index in [-0.39, 0.29) is 57.9 Å². The van der Waals surface area contributed by atoms with Gasteiger partial charge >= 0.3 is 11.7 Å². The Labute approximate surface area is 413 Å². The van der Waals surface area contributed by atoms with Gasteiger partial charge in [-0.2, -0.15) is 19.6 Å². The number of hydrogen-bond donors (Lipinski definition) is 5. The van der Waals surface area contributed by atoms with Crippen LogP contribution >= 0.6 is 53.8 Å². The number of methoxy groups -OCH3 is 1. The van der Waals surface area contributed by atoms with Crippen molar-refractivity contribution >= 4 is 83.2 Å². The average molecular weight is 1040 g/mol. The molecule has 2 aromatic heterocycles. The van der Waals surface area contributed by atoms with E-state index in [4.69, 9.17) is 82.5 Å². The van der Waals surface area contributed by atoms with Crippen molar-refractivity contribution in [3.05, 3.63) is 73.2 Å². The summed E-state index contributed by atoms with van der Waals surface area (Å²) in [6, 6.07) is 7.97. The zero-order chi connectivity index (χ0) is 51.4. The number of carboxylic acids is 1. The number of amides is 1.